The summed E-state index contributed by atoms with van der Waals surface area (Å²) < 4.78 is 7.09. The molecule has 0 aliphatic rings. The van der Waals surface area contributed by atoms with E-state index in [2.05, 4.69) is 27.0 Å². The molecule has 0 saturated heterocycles. The SMILES string of the molecule is N#Cc1c(-c2ccc(-c3ccc(Br)cc3)o2)cc(-c2ccccc2)nc1SCC(N)=O. The third kappa shape index (κ3) is 4.71. The van der Waals surface area contributed by atoms with Gasteiger partial charge in [-0.1, -0.05) is 70.2 Å². The predicted octanol–water partition coefficient (Wildman–Crippen LogP) is 5.89. The molecule has 4 aromatic rings. The normalized spacial score (nSPS) is 10.6. The summed E-state index contributed by atoms with van der Waals surface area (Å²) in [5, 5.41) is 10.3. The Kier molecular flexibility index (Phi) is 6.21. The highest BCUT2D eigenvalue weighted by Gasteiger charge is 2.19. The second-order valence-electron chi connectivity index (χ2n) is 6.64. The fraction of sp³-hybridized carbons (Fsp3) is 0.0417. The van der Waals surface area contributed by atoms with Gasteiger partial charge in [0, 0.05) is 21.2 Å². The number of pyridine rings is 1. The lowest BCUT2D eigenvalue weighted by atomic mass is 10.0. The lowest BCUT2D eigenvalue weighted by Gasteiger charge is -2.10. The Morgan fingerprint density at radius 2 is 1.74 bits per heavy atom. The number of halogens is 1. The Hall–Kier alpha value is -3.34. The number of nitrogens with two attached hydrogens (primary N) is 1. The van der Waals surface area contributed by atoms with Crippen LogP contribution in [0.25, 0.3) is 33.9 Å². The summed E-state index contributed by atoms with van der Waals surface area (Å²) in [7, 11) is 0. The molecule has 1 amide bonds. The van der Waals surface area contributed by atoms with Gasteiger partial charge >= 0.3 is 0 Å². The molecule has 0 radical (unpaired) electrons. The quantitative estimate of drug-likeness (QED) is 0.341. The van der Waals surface area contributed by atoms with E-state index in [1.807, 2.05) is 72.8 Å². The standard InChI is InChI=1S/C24H16BrN3O2S/c25-17-8-6-16(7-9-17)21-10-11-22(30-21)18-12-20(15-4-2-1-3-5-15)28-24(19(18)13-26)31-14-23(27)29/h1-12H,14H2,(H2,27,29). The molecule has 4 rings (SSSR count). The third-order valence-corrected chi connectivity index (χ3v) is 6.05. The number of amides is 1. The zero-order chi connectivity index (χ0) is 21.8. The molecule has 152 valence electrons. The fourth-order valence-corrected chi connectivity index (χ4v) is 4.08. The Labute approximate surface area is 192 Å². The van der Waals surface area contributed by atoms with Crippen molar-refractivity contribution in [3.8, 4) is 40.0 Å². The van der Waals surface area contributed by atoms with Crippen LogP contribution in [0.4, 0.5) is 0 Å². The maximum absolute atomic E-state index is 11.3. The number of aromatic nitrogens is 1. The van der Waals surface area contributed by atoms with Crippen molar-refractivity contribution in [1.82, 2.24) is 4.98 Å². The van der Waals surface area contributed by atoms with Crippen LogP contribution in [0.3, 0.4) is 0 Å². The van der Waals surface area contributed by atoms with Gasteiger partial charge in [-0.05, 0) is 30.3 Å². The molecule has 0 spiro atoms. The van der Waals surface area contributed by atoms with Gasteiger partial charge in [0.1, 0.15) is 22.6 Å². The smallest absolute Gasteiger partial charge is 0.227 e. The van der Waals surface area contributed by atoms with E-state index < -0.39 is 5.91 Å². The van der Waals surface area contributed by atoms with Gasteiger partial charge in [0.05, 0.1) is 17.0 Å². The van der Waals surface area contributed by atoms with Crippen LogP contribution in [0.2, 0.25) is 0 Å². The number of furan rings is 1. The molecule has 0 saturated carbocycles. The monoisotopic (exact) mass is 489 g/mol. The first-order valence-corrected chi connectivity index (χ1v) is 11.1. The van der Waals surface area contributed by atoms with Crippen molar-refractivity contribution in [1.29, 1.82) is 5.26 Å². The molecule has 0 aliphatic carbocycles. The highest BCUT2D eigenvalue weighted by Crippen LogP contribution is 2.36. The van der Waals surface area contributed by atoms with Gasteiger partial charge in [-0.15, -0.1) is 0 Å². The zero-order valence-electron chi connectivity index (χ0n) is 16.2. The Bertz CT molecular complexity index is 1280. The molecule has 0 bridgehead atoms. The molecule has 0 unspecified atom stereocenters. The van der Waals surface area contributed by atoms with Crippen molar-refractivity contribution in [3.05, 3.63) is 82.8 Å². The molecule has 2 aromatic carbocycles. The van der Waals surface area contributed by atoms with Gasteiger partial charge in [-0.25, -0.2) is 4.98 Å². The van der Waals surface area contributed by atoms with E-state index >= 15 is 0 Å². The van der Waals surface area contributed by atoms with Crippen LogP contribution in [0.5, 0.6) is 0 Å². The van der Waals surface area contributed by atoms with Crippen LogP contribution >= 0.6 is 27.7 Å². The number of carbonyl (C=O) groups is 1. The summed E-state index contributed by atoms with van der Waals surface area (Å²) in [6, 6.07) is 25.2. The van der Waals surface area contributed by atoms with Gasteiger partial charge in [-0.3, -0.25) is 4.79 Å². The Balaban J connectivity index is 1.84. The van der Waals surface area contributed by atoms with Gasteiger partial charge in [-0.2, -0.15) is 5.26 Å². The van der Waals surface area contributed by atoms with Crippen molar-refractivity contribution >= 4 is 33.6 Å². The minimum Gasteiger partial charge on any atom is -0.456 e. The molecule has 31 heavy (non-hydrogen) atoms. The largest absolute Gasteiger partial charge is 0.456 e. The molecule has 5 nitrogen and oxygen atoms in total. The minimum atomic E-state index is -0.474. The second-order valence-corrected chi connectivity index (χ2v) is 8.52. The number of nitrogens with zero attached hydrogens (tertiary/aromatic N) is 2. The fourth-order valence-electron chi connectivity index (χ4n) is 3.08. The number of thioether (sulfide) groups is 1. The Morgan fingerprint density at radius 3 is 2.42 bits per heavy atom. The maximum Gasteiger partial charge on any atom is 0.227 e. The predicted molar refractivity (Wildman–Crippen MR) is 125 cm³/mol. The van der Waals surface area contributed by atoms with Crippen LogP contribution < -0.4 is 5.73 Å². The topological polar surface area (TPSA) is 92.9 Å². The summed E-state index contributed by atoms with van der Waals surface area (Å²) in [6.45, 7) is 0. The summed E-state index contributed by atoms with van der Waals surface area (Å²) in [5.41, 5.74) is 8.79. The number of hydrogen-bond acceptors (Lipinski definition) is 5. The highest BCUT2D eigenvalue weighted by atomic mass is 79.9. The van der Waals surface area contributed by atoms with Crippen molar-refractivity contribution in [2.24, 2.45) is 5.73 Å². The highest BCUT2D eigenvalue weighted by molar-refractivity contribution is 9.10. The number of carbonyl (C=O) groups excluding carboxylic acids is 1. The average Bonchev–Trinajstić information content (AvgIpc) is 3.28. The van der Waals surface area contributed by atoms with Crippen LogP contribution in [0.1, 0.15) is 5.56 Å². The van der Waals surface area contributed by atoms with E-state index in [0.717, 1.165) is 27.4 Å². The van der Waals surface area contributed by atoms with Gasteiger partial charge in [0.2, 0.25) is 5.91 Å². The molecule has 0 fully saturated rings. The zero-order valence-corrected chi connectivity index (χ0v) is 18.6. The lowest BCUT2D eigenvalue weighted by Crippen LogP contribution is -2.13. The van der Waals surface area contributed by atoms with E-state index in [0.29, 0.717) is 33.4 Å². The molecular weight excluding hydrogens is 474 g/mol. The number of primary amides is 1. The van der Waals surface area contributed by atoms with Crippen molar-refractivity contribution < 1.29 is 9.21 Å². The number of benzene rings is 2. The van der Waals surface area contributed by atoms with Crippen LogP contribution in [0, 0.1) is 11.3 Å². The maximum atomic E-state index is 11.3. The minimum absolute atomic E-state index is 0.0294. The van der Waals surface area contributed by atoms with Crippen LogP contribution in [0.15, 0.2) is 86.7 Å². The first-order valence-electron chi connectivity index (χ1n) is 9.33. The van der Waals surface area contributed by atoms with Crippen molar-refractivity contribution in [2.75, 3.05) is 5.75 Å². The number of rotatable bonds is 6. The van der Waals surface area contributed by atoms with Gasteiger partial charge < -0.3 is 10.2 Å². The molecule has 2 heterocycles. The van der Waals surface area contributed by atoms with E-state index in [-0.39, 0.29) is 5.75 Å². The Morgan fingerprint density at radius 1 is 1.03 bits per heavy atom. The van der Waals surface area contributed by atoms with E-state index in [9.17, 15) is 10.1 Å². The van der Waals surface area contributed by atoms with E-state index in [1.54, 1.807) is 0 Å². The first-order chi connectivity index (χ1) is 15.0. The molecular formula is C24H16BrN3O2S. The third-order valence-electron chi connectivity index (χ3n) is 4.52. The van der Waals surface area contributed by atoms with E-state index in [4.69, 9.17) is 10.2 Å². The summed E-state index contributed by atoms with van der Waals surface area (Å²) >= 11 is 4.58. The summed E-state index contributed by atoms with van der Waals surface area (Å²) in [4.78, 5) is 16.0. The van der Waals surface area contributed by atoms with Crippen molar-refractivity contribution in [3.63, 3.8) is 0 Å². The molecule has 0 aliphatic heterocycles. The molecule has 0 atom stereocenters. The van der Waals surface area contributed by atoms with Crippen molar-refractivity contribution in [2.45, 2.75) is 5.03 Å². The number of hydrogen-bond donors (Lipinski definition) is 1. The molecule has 2 aromatic heterocycles. The average molecular weight is 490 g/mol. The van der Waals surface area contributed by atoms with Crippen LogP contribution in [-0.2, 0) is 4.79 Å². The van der Waals surface area contributed by atoms with Gasteiger partial charge in [0.25, 0.3) is 0 Å². The van der Waals surface area contributed by atoms with Crippen LogP contribution in [-0.4, -0.2) is 16.6 Å². The number of nitriles is 1. The first kappa shape index (κ1) is 20.9. The van der Waals surface area contributed by atoms with Gasteiger partial charge in [0.15, 0.2) is 0 Å². The van der Waals surface area contributed by atoms with E-state index in [1.165, 1.54) is 0 Å². The second kappa shape index (κ2) is 9.21. The summed E-state index contributed by atoms with van der Waals surface area (Å²) in [5.74, 6) is 0.797. The summed E-state index contributed by atoms with van der Waals surface area (Å²) in [6.07, 6.45) is 0. The molecule has 7 heteroatoms. The lowest BCUT2D eigenvalue weighted by molar-refractivity contribution is -0.115. The molecule has 2 N–H and O–H groups in total.